The number of hydrogen-bond donors (Lipinski definition) is 0. The fraction of sp³-hybridized carbons (Fsp3) is 0.645. The molecular weight excluding hydrogens is 1010 g/mol. The molecule has 0 heterocycles. The van der Waals surface area contributed by atoms with E-state index >= 15 is 0 Å². The maximum Gasteiger partial charge on any atom is 0.306 e. The number of unbranched alkanes of at least 4 members (excludes halogenated alkanes) is 25. The van der Waals surface area contributed by atoms with Gasteiger partial charge in [-0.25, -0.2) is 0 Å². The predicted octanol–water partition coefficient (Wildman–Crippen LogP) is 23.5. The molecule has 0 aromatic heterocycles. The van der Waals surface area contributed by atoms with Gasteiger partial charge < -0.3 is 14.2 Å². The topological polar surface area (TPSA) is 78.9 Å². The monoisotopic (exact) mass is 1130 g/mol. The summed E-state index contributed by atoms with van der Waals surface area (Å²) >= 11 is 0. The summed E-state index contributed by atoms with van der Waals surface area (Å²) in [5, 5.41) is 0. The van der Waals surface area contributed by atoms with Crippen molar-refractivity contribution in [3.8, 4) is 0 Å². The second kappa shape index (κ2) is 68.8. The van der Waals surface area contributed by atoms with Gasteiger partial charge in [-0.05, 0) is 122 Å². The summed E-state index contributed by atoms with van der Waals surface area (Å²) in [5.74, 6) is -0.946. The van der Waals surface area contributed by atoms with Gasteiger partial charge in [-0.3, -0.25) is 14.4 Å². The fourth-order valence-corrected chi connectivity index (χ4v) is 9.10. The van der Waals surface area contributed by atoms with Crippen molar-refractivity contribution in [3.63, 3.8) is 0 Å². The number of carbonyl (C=O) groups excluding carboxylic acids is 3. The van der Waals surface area contributed by atoms with Gasteiger partial charge in [0.1, 0.15) is 13.2 Å². The van der Waals surface area contributed by atoms with E-state index in [1.807, 2.05) is 0 Å². The van der Waals surface area contributed by atoms with Crippen molar-refractivity contribution in [2.75, 3.05) is 13.2 Å². The van der Waals surface area contributed by atoms with Gasteiger partial charge in [-0.1, -0.05) is 301 Å². The van der Waals surface area contributed by atoms with Crippen molar-refractivity contribution in [3.05, 3.63) is 146 Å². The van der Waals surface area contributed by atoms with Crippen molar-refractivity contribution in [1.29, 1.82) is 0 Å². The van der Waals surface area contributed by atoms with E-state index in [4.69, 9.17) is 14.2 Å². The number of allylic oxidation sites excluding steroid dienone is 24. The number of carbonyl (C=O) groups is 3. The highest BCUT2D eigenvalue weighted by molar-refractivity contribution is 5.71. The van der Waals surface area contributed by atoms with Crippen molar-refractivity contribution in [2.24, 2.45) is 0 Å². The number of rotatable bonds is 60. The molecule has 0 N–H and O–H groups in total. The molecule has 0 spiro atoms. The molecule has 0 aliphatic heterocycles. The first-order valence-corrected chi connectivity index (χ1v) is 33.8. The lowest BCUT2D eigenvalue weighted by molar-refractivity contribution is -0.167. The van der Waals surface area contributed by atoms with Crippen molar-refractivity contribution in [2.45, 2.75) is 303 Å². The Hall–Kier alpha value is -4.71. The van der Waals surface area contributed by atoms with Crippen LogP contribution in [0, 0.1) is 0 Å². The summed E-state index contributed by atoms with van der Waals surface area (Å²) in [4.78, 5) is 38.4. The Morgan fingerprint density at radius 3 is 0.768 bits per heavy atom. The van der Waals surface area contributed by atoms with Gasteiger partial charge >= 0.3 is 17.9 Å². The molecule has 0 aliphatic carbocycles. The molecular formula is C76H124O6. The molecule has 0 radical (unpaired) electrons. The summed E-state index contributed by atoms with van der Waals surface area (Å²) in [5.41, 5.74) is 0. The van der Waals surface area contributed by atoms with Crippen LogP contribution >= 0.6 is 0 Å². The molecule has 0 fully saturated rings. The third kappa shape index (κ3) is 66.1. The van der Waals surface area contributed by atoms with Crippen LogP contribution in [0.1, 0.15) is 297 Å². The van der Waals surface area contributed by atoms with Crippen LogP contribution < -0.4 is 0 Å². The van der Waals surface area contributed by atoms with Gasteiger partial charge in [-0.2, -0.15) is 0 Å². The normalized spacial score (nSPS) is 13.1. The van der Waals surface area contributed by atoms with Gasteiger partial charge in [0, 0.05) is 19.3 Å². The van der Waals surface area contributed by atoms with Crippen molar-refractivity contribution < 1.29 is 28.6 Å². The van der Waals surface area contributed by atoms with Crippen LogP contribution in [0.2, 0.25) is 0 Å². The average Bonchev–Trinajstić information content (AvgIpc) is 3.47. The molecule has 6 heteroatoms. The van der Waals surface area contributed by atoms with E-state index in [-0.39, 0.29) is 31.1 Å². The summed E-state index contributed by atoms with van der Waals surface area (Å²) in [6.45, 7) is 6.39. The molecule has 0 amide bonds. The van der Waals surface area contributed by atoms with E-state index in [0.717, 1.165) is 135 Å². The Morgan fingerprint density at radius 2 is 0.476 bits per heavy atom. The van der Waals surface area contributed by atoms with Crippen LogP contribution in [-0.4, -0.2) is 37.2 Å². The minimum atomic E-state index is -0.807. The fourth-order valence-electron chi connectivity index (χ4n) is 9.10. The highest BCUT2D eigenvalue weighted by Crippen LogP contribution is 2.16. The summed E-state index contributed by atoms with van der Waals surface area (Å²) in [6, 6.07) is 0. The van der Waals surface area contributed by atoms with Crippen LogP contribution in [0.5, 0.6) is 0 Å². The molecule has 1 atom stereocenters. The lowest BCUT2D eigenvalue weighted by Crippen LogP contribution is -2.30. The third-order valence-corrected chi connectivity index (χ3v) is 14.1. The minimum Gasteiger partial charge on any atom is -0.462 e. The lowest BCUT2D eigenvalue weighted by Gasteiger charge is -2.18. The summed E-state index contributed by atoms with van der Waals surface area (Å²) in [6.07, 6.45) is 98.5. The molecule has 464 valence electrons. The maximum atomic E-state index is 12.9. The smallest absolute Gasteiger partial charge is 0.306 e. The van der Waals surface area contributed by atoms with Gasteiger partial charge in [0.05, 0.1) is 0 Å². The molecule has 0 rings (SSSR count). The molecule has 6 nitrogen and oxygen atoms in total. The molecule has 1 unspecified atom stereocenters. The second-order valence-electron chi connectivity index (χ2n) is 22.0. The van der Waals surface area contributed by atoms with Gasteiger partial charge in [0.25, 0.3) is 0 Å². The van der Waals surface area contributed by atoms with E-state index in [2.05, 4.69) is 167 Å². The molecule has 0 saturated carbocycles. The standard InChI is InChI=1S/C76H124O6/c1-4-7-10-13-16-19-22-25-28-31-33-35-36-37-38-39-40-42-43-45-48-51-54-57-60-63-66-69-75(78)81-72-73(71-80-74(77)68-65-62-59-56-53-50-47-30-27-24-21-18-15-12-9-6-3)82-76(79)70-67-64-61-58-55-52-49-46-44-41-34-32-29-26-23-20-17-14-11-8-5-2/h7-8,10-11,16-17,19-20,25-26,28-29,33-35,37-38,40-42,45,48,54,57,73H,4-6,9,12-15,18,21-24,27,30-32,36,39,43-44,46-47,49-53,55-56,58-72H2,1-3H3/b10-7-,11-8-,19-16-,20-17-,28-25-,29-26-,35-33-,38-37-,41-34-,42-40-,48-45-,57-54-. The zero-order valence-electron chi connectivity index (χ0n) is 53.2. The van der Waals surface area contributed by atoms with E-state index in [1.54, 1.807) is 0 Å². The van der Waals surface area contributed by atoms with Gasteiger partial charge in [-0.15, -0.1) is 0 Å². The minimum absolute atomic E-state index is 0.0976. The van der Waals surface area contributed by atoms with E-state index in [9.17, 15) is 14.4 Å². The van der Waals surface area contributed by atoms with E-state index in [0.29, 0.717) is 25.7 Å². The quantitative estimate of drug-likeness (QED) is 0.0261. The average molecular weight is 1130 g/mol. The van der Waals surface area contributed by atoms with Gasteiger partial charge in [0.2, 0.25) is 0 Å². The largest absolute Gasteiger partial charge is 0.462 e. The molecule has 82 heavy (non-hydrogen) atoms. The Morgan fingerprint density at radius 1 is 0.256 bits per heavy atom. The Kier molecular flexibility index (Phi) is 64.8. The van der Waals surface area contributed by atoms with Crippen LogP contribution in [0.3, 0.4) is 0 Å². The Balaban J connectivity index is 4.48. The van der Waals surface area contributed by atoms with Gasteiger partial charge in [0.15, 0.2) is 6.10 Å². The SMILES string of the molecule is CC/C=C\C/C=C\C/C=C\C/C=C\C/C=C\C/C=C\C/C=C\C/C=C\CCCCC(=O)OCC(COC(=O)CCCCCCCCCCCCCCCCCC)OC(=O)CCCCCCCCCC/C=C\C/C=C\C/C=C\C/C=C\CC. The zero-order chi connectivity index (χ0) is 59.2. The predicted molar refractivity (Wildman–Crippen MR) is 357 cm³/mol. The molecule has 0 aromatic rings. The molecule has 0 aliphatic rings. The maximum absolute atomic E-state index is 12.9. The van der Waals surface area contributed by atoms with Crippen LogP contribution in [0.15, 0.2) is 146 Å². The number of esters is 3. The Bertz CT molecular complexity index is 1780. The molecule has 0 aromatic carbocycles. The van der Waals surface area contributed by atoms with Crippen molar-refractivity contribution >= 4 is 17.9 Å². The molecule has 0 saturated heterocycles. The van der Waals surface area contributed by atoms with Crippen LogP contribution in [0.25, 0.3) is 0 Å². The second-order valence-corrected chi connectivity index (χ2v) is 22.0. The zero-order valence-corrected chi connectivity index (χ0v) is 53.2. The lowest BCUT2D eigenvalue weighted by atomic mass is 10.0. The summed E-state index contributed by atoms with van der Waals surface area (Å²) in [7, 11) is 0. The van der Waals surface area contributed by atoms with E-state index in [1.165, 1.54) is 116 Å². The van der Waals surface area contributed by atoms with E-state index < -0.39 is 6.10 Å². The first-order chi connectivity index (χ1) is 40.5. The highest BCUT2D eigenvalue weighted by atomic mass is 16.6. The first-order valence-electron chi connectivity index (χ1n) is 33.8. The Labute approximate surface area is 506 Å². The molecule has 0 bridgehead atoms. The third-order valence-electron chi connectivity index (χ3n) is 14.1. The van der Waals surface area contributed by atoms with Crippen molar-refractivity contribution in [1.82, 2.24) is 0 Å². The summed E-state index contributed by atoms with van der Waals surface area (Å²) < 4.78 is 16.9. The highest BCUT2D eigenvalue weighted by Gasteiger charge is 2.19. The van der Waals surface area contributed by atoms with Crippen LogP contribution in [-0.2, 0) is 28.6 Å². The first kappa shape index (κ1) is 77.3. The number of hydrogen-bond acceptors (Lipinski definition) is 6. The van der Waals surface area contributed by atoms with Crippen LogP contribution in [0.4, 0.5) is 0 Å². The number of ether oxygens (including phenoxy) is 3.